The van der Waals surface area contributed by atoms with Crippen molar-refractivity contribution in [3.63, 3.8) is 0 Å². The minimum atomic E-state index is -0.000719. The third kappa shape index (κ3) is 3.38. The van der Waals surface area contributed by atoms with Gasteiger partial charge in [-0.3, -0.25) is 4.79 Å². The second-order valence-corrected chi connectivity index (χ2v) is 6.77. The lowest BCUT2D eigenvalue weighted by atomic mass is 9.90. The Labute approximate surface area is 139 Å². The molecule has 6 heteroatoms. The summed E-state index contributed by atoms with van der Waals surface area (Å²) in [6.07, 6.45) is 0.935. The number of ether oxygens (including phenoxy) is 2. The number of halogens is 1. The van der Waals surface area contributed by atoms with E-state index in [1.54, 1.807) is 19.2 Å². The van der Waals surface area contributed by atoms with Gasteiger partial charge >= 0.3 is 0 Å². The van der Waals surface area contributed by atoms with Gasteiger partial charge in [-0.2, -0.15) is 0 Å². The van der Waals surface area contributed by atoms with Gasteiger partial charge in [0.05, 0.1) is 18.2 Å². The Kier molecular flexibility index (Phi) is 5.34. The monoisotopic (exact) mass is 370 g/mol. The van der Waals surface area contributed by atoms with Crippen LogP contribution in [0.4, 0.5) is 0 Å². The SMILES string of the molecule is CCOc1c(Br)cc(C(=O)N2CCC(C)(CN)C2)cc1OC. The molecule has 1 unspecified atom stereocenters. The number of benzene rings is 1. The summed E-state index contributed by atoms with van der Waals surface area (Å²) < 4.78 is 11.6. The fourth-order valence-electron chi connectivity index (χ4n) is 2.67. The summed E-state index contributed by atoms with van der Waals surface area (Å²) in [5.41, 5.74) is 6.42. The van der Waals surface area contributed by atoms with E-state index in [9.17, 15) is 4.79 Å². The summed E-state index contributed by atoms with van der Waals surface area (Å²) in [7, 11) is 1.57. The van der Waals surface area contributed by atoms with E-state index < -0.39 is 0 Å². The van der Waals surface area contributed by atoms with Crippen molar-refractivity contribution in [3.8, 4) is 11.5 Å². The van der Waals surface area contributed by atoms with Crippen LogP contribution in [0.15, 0.2) is 16.6 Å². The number of nitrogens with two attached hydrogens (primary N) is 1. The van der Waals surface area contributed by atoms with Gasteiger partial charge in [-0.25, -0.2) is 0 Å². The lowest BCUT2D eigenvalue weighted by Crippen LogP contribution is -2.34. The van der Waals surface area contributed by atoms with Crippen LogP contribution < -0.4 is 15.2 Å². The summed E-state index contributed by atoms with van der Waals surface area (Å²) in [5, 5.41) is 0. The summed E-state index contributed by atoms with van der Waals surface area (Å²) >= 11 is 3.46. The molecule has 5 nitrogen and oxygen atoms in total. The molecular weight excluding hydrogens is 348 g/mol. The molecule has 1 heterocycles. The number of methoxy groups -OCH3 is 1. The van der Waals surface area contributed by atoms with Crippen LogP contribution in [0.3, 0.4) is 0 Å². The molecule has 22 heavy (non-hydrogen) atoms. The maximum Gasteiger partial charge on any atom is 0.254 e. The molecule has 0 bridgehead atoms. The third-order valence-electron chi connectivity index (χ3n) is 4.10. The fraction of sp³-hybridized carbons (Fsp3) is 0.562. The highest BCUT2D eigenvalue weighted by atomic mass is 79.9. The normalized spacial score (nSPS) is 21.0. The molecule has 1 saturated heterocycles. The second-order valence-electron chi connectivity index (χ2n) is 5.91. The Balaban J connectivity index is 2.26. The highest BCUT2D eigenvalue weighted by molar-refractivity contribution is 9.10. The largest absolute Gasteiger partial charge is 0.493 e. The first-order valence-electron chi connectivity index (χ1n) is 7.44. The highest BCUT2D eigenvalue weighted by Crippen LogP contribution is 2.38. The van der Waals surface area contributed by atoms with Crippen molar-refractivity contribution in [3.05, 3.63) is 22.2 Å². The molecule has 1 aliphatic rings. The summed E-state index contributed by atoms with van der Waals surface area (Å²) in [6, 6.07) is 3.52. The molecule has 1 aromatic rings. The van der Waals surface area contributed by atoms with E-state index in [0.717, 1.165) is 17.4 Å². The molecule has 1 atom stereocenters. The fourth-order valence-corrected chi connectivity index (χ4v) is 3.23. The average Bonchev–Trinajstić information content (AvgIpc) is 2.91. The smallest absolute Gasteiger partial charge is 0.254 e. The van der Waals surface area contributed by atoms with Crippen LogP contribution in [0, 0.1) is 5.41 Å². The number of likely N-dealkylation sites (tertiary alicyclic amines) is 1. The van der Waals surface area contributed by atoms with E-state index in [2.05, 4.69) is 22.9 Å². The molecule has 0 aliphatic carbocycles. The average molecular weight is 371 g/mol. The number of nitrogens with zero attached hydrogens (tertiary/aromatic N) is 1. The van der Waals surface area contributed by atoms with Crippen LogP contribution in [0.1, 0.15) is 30.6 Å². The van der Waals surface area contributed by atoms with E-state index in [0.29, 0.717) is 36.8 Å². The van der Waals surface area contributed by atoms with Gasteiger partial charge in [0.15, 0.2) is 11.5 Å². The number of hydrogen-bond donors (Lipinski definition) is 1. The molecule has 0 saturated carbocycles. The van der Waals surface area contributed by atoms with Crippen molar-refractivity contribution < 1.29 is 14.3 Å². The van der Waals surface area contributed by atoms with Gasteiger partial charge in [0.1, 0.15) is 0 Å². The topological polar surface area (TPSA) is 64.8 Å². The van der Waals surface area contributed by atoms with E-state index in [1.165, 1.54) is 0 Å². The van der Waals surface area contributed by atoms with Crippen molar-refractivity contribution in [2.24, 2.45) is 11.1 Å². The number of carbonyl (C=O) groups excluding carboxylic acids is 1. The first kappa shape index (κ1) is 17.1. The van der Waals surface area contributed by atoms with Crippen LogP contribution in [-0.2, 0) is 0 Å². The molecule has 2 rings (SSSR count). The quantitative estimate of drug-likeness (QED) is 0.865. The second kappa shape index (κ2) is 6.87. The predicted molar refractivity (Wildman–Crippen MR) is 89.5 cm³/mol. The number of rotatable bonds is 5. The minimum absolute atomic E-state index is 0.000719. The summed E-state index contributed by atoms with van der Waals surface area (Å²) in [6.45, 7) is 6.57. The Morgan fingerprint density at radius 3 is 2.77 bits per heavy atom. The summed E-state index contributed by atoms with van der Waals surface area (Å²) in [4.78, 5) is 14.6. The Bertz CT molecular complexity index is 565. The van der Waals surface area contributed by atoms with Crippen molar-refractivity contribution in [2.45, 2.75) is 20.3 Å². The zero-order valence-corrected chi connectivity index (χ0v) is 14.9. The molecular formula is C16H23BrN2O3. The van der Waals surface area contributed by atoms with Gasteiger partial charge in [-0.1, -0.05) is 6.92 Å². The standard InChI is InChI=1S/C16H23BrN2O3/c1-4-22-14-12(17)7-11(8-13(14)21-3)15(20)19-6-5-16(2,9-18)10-19/h7-8H,4-6,9-10,18H2,1-3H3. The van der Waals surface area contributed by atoms with Crippen molar-refractivity contribution in [1.82, 2.24) is 4.90 Å². The van der Waals surface area contributed by atoms with Crippen LogP contribution >= 0.6 is 15.9 Å². The lowest BCUT2D eigenvalue weighted by Gasteiger charge is -2.23. The molecule has 1 amide bonds. The molecule has 2 N–H and O–H groups in total. The lowest BCUT2D eigenvalue weighted by molar-refractivity contribution is 0.0776. The first-order chi connectivity index (χ1) is 10.4. The molecule has 1 fully saturated rings. The van der Waals surface area contributed by atoms with Crippen LogP contribution in [0.5, 0.6) is 11.5 Å². The highest BCUT2D eigenvalue weighted by Gasteiger charge is 2.35. The maximum absolute atomic E-state index is 12.7. The molecule has 0 spiro atoms. The third-order valence-corrected chi connectivity index (χ3v) is 4.69. The van der Waals surface area contributed by atoms with Gasteiger partial charge < -0.3 is 20.1 Å². The molecule has 122 valence electrons. The summed E-state index contributed by atoms with van der Waals surface area (Å²) in [5.74, 6) is 1.18. The van der Waals surface area contributed by atoms with Crippen LogP contribution in [0.2, 0.25) is 0 Å². The Hall–Kier alpha value is -1.27. The molecule has 0 radical (unpaired) electrons. The molecule has 1 aliphatic heterocycles. The van der Waals surface area contributed by atoms with Crippen molar-refractivity contribution in [1.29, 1.82) is 0 Å². The van der Waals surface area contributed by atoms with Crippen molar-refractivity contribution >= 4 is 21.8 Å². The van der Waals surface area contributed by atoms with E-state index >= 15 is 0 Å². The zero-order valence-electron chi connectivity index (χ0n) is 13.3. The van der Waals surface area contributed by atoms with Gasteiger partial charge in [0.2, 0.25) is 0 Å². The Morgan fingerprint density at radius 1 is 1.50 bits per heavy atom. The van der Waals surface area contributed by atoms with Crippen LogP contribution in [-0.4, -0.2) is 44.2 Å². The van der Waals surface area contributed by atoms with Crippen molar-refractivity contribution in [2.75, 3.05) is 33.4 Å². The molecule has 0 aromatic heterocycles. The van der Waals surface area contributed by atoms with E-state index in [-0.39, 0.29) is 11.3 Å². The number of hydrogen-bond acceptors (Lipinski definition) is 4. The predicted octanol–water partition coefficient (Wildman–Crippen LogP) is 2.67. The zero-order chi connectivity index (χ0) is 16.3. The first-order valence-corrected chi connectivity index (χ1v) is 8.23. The number of carbonyl (C=O) groups is 1. The van der Waals surface area contributed by atoms with Gasteiger partial charge in [0.25, 0.3) is 5.91 Å². The van der Waals surface area contributed by atoms with Crippen LogP contribution in [0.25, 0.3) is 0 Å². The van der Waals surface area contributed by atoms with Gasteiger partial charge in [-0.05, 0) is 53.4 Å². The minimum Gasteiger partial charge on any atom is -0.493 e. The maximum atomic E-state index is 12.7. The van der Waals surface area contributed by atoms with E-state index in [4.69, 9.17) is 15.2 Å². The number of amides is 1. The van der Waals surface area contributed by atoms with Gasteiger partial charge in [0, 0.05) is 18.7 Å². The van der Waals surface area contributed by atoms with Gasteiger partial charge in [-0.15, -0.1) is 0 Å². The molecule has 1 aromatic carbocycles. The van der Waals surface area contributed by atoms with E-state index in [1.807, 2.05) is 11.8 Å². The Morgan fingerprint density at radius 2 is 2.23 bits per heavy atom.